The Morgan fingerprint density at radius 2 is 2.11 bits per heavy atom. The maximum atomic E-state index is 12.3. The minimum absolute atomic E-state index is 0.221. The fourth-order valence-electron chi connectivity index (χ4n) is 1.51. The summed E-state index contributed by atoms with van der Waals surface area (Å²) in [5, 5.41) is 0.483. The maximum absolute atomic E-state index is 12.3. The molecule has 0 aliphatic heterocycles. The lowest BCUT2D eigenvalue weighted by Gasteiger charge is -2.07. The van der Waals surface area contributed by atoms with Crippen LogP contribution in [0.3, 0.4) is 0 Å². The van der Waals surface area contributed by atoms with Crippen molar-refractivity contribution in [3.63, 3.8) is 0 Å². The lowest BCUT2D eigenvalue weighted by atomic mass is 10.1. The van der Waals surface area contributed by atoms with Crippen LogP contribution in [0.2, 0.25) is 5.02 Å². The Labute approximate surface area is 118 Å². The number of methoxy groups -OCH3 is 1. The molecule has 2 aromatic rings. The minimum Gasteiger partial charge on any atom is -0.496 e. The van der Waals surface area contributed by atoms with Crippen LogP contribution in [-0.2, 0) is 0 Å². The molecule has 0 fully saturated rings. The summed E-state index contributed by atoms with van der Waals surface area (Å²) in [6.07, 6.45) is 1.57. The lowest BCUT2D eigenvalue weighted by Crippen LogP contribution is -2.06. The molecule has 0 saturated carbocycles. The van der Waals surface area contributed by atoms with Gasteiger partial charge in [-0.1, -0.05) is 11.6 Å². The number of pyridine rings is 1. The summed E-state index contributed by atoms with van der Waals surface area (Å²) in [5.74, 6) is 0.260. The Kier molecular flexibility index (Phi) is 3.99. The van der Waals surface area contributed by atoms with Crippen molar-refractivity contribution in [1.29, 1.82) is 0 Å². The largest absolute Gasteiger partial charge is 0.496 e. The molecule has 0 atom stereocenters. The van der Waals surface area contributed by atoms with Crippen LogP contribution in [0.25, 0.3) is 0 Å². The van der Waals surface area contributed by atoms with Crippen molar-refractivity contribution < 1.29 is 9.53 Å². The van der Waals surface area contributed by atoms with E-state index in [1.54, 1.807) is 36.5 Å². The number of carbonyl (C=O) groups excluding carboxylic acids is 1. The Hall–Kier alpha value is -1.39. The predicted octanol–water partition coefficient (Wildman–Crippen LogP) is 3.74. The predicted molar refractivity (Wildman–Crippen MR) is 73.4 cm³/mol. The van der Waals surface area contributed by atoms with Gasteiger partial charge in [0.15, 0.2) is 0 Å². The summed E-state index contributed by atoms with van der Waals surface area (Å²) in [5.41, 5.74) is 0.749. The number of halogens is 2. The number of aromatic nitrogens is 1. The molecule has 0 aliphatic carbocycles. The van der Waals surface area contributed by atoms with Gasteiger partial charge < -0.3 is 4.74 Å². The molecule has 92 valence electrons. The van der Waals surface area contributed by atoms with Crippen LogP contribution >= 0.6 is 27.5 Å². The van der Waals surface area contributed by atoms with E-state index in [4.69, 9.17) is 16.3 Å². The summed E-state index contributed by atoms with van der Waals surface area (Å²) in [6.45, 7) is 0. The quantitative estimate of drug-likeness (QED) is 0.807. The molecule has 0 unspecified atom stereocenters. The van der Waals surface area contributed by atoms with Crippen molar-refractivity contribution in [2.75, 3.05) is 7.11 Å². The van der Waals surface area contributed by atoms with Crippen molar-refractivity contribution in [2.24, 2.45) is 0 Å². The highest BCUT2D eigenvalue weighted by Gasteiger charge is 2.16. The molecule has 0 aliphatic rings. The Balaban J connectivity index is 2.45. The van der Waals surface area contributed by atoms with Crippen molar-refractivity contribution in [2.45, 2.75) is 0 Å². The van der Waals surface area contributed by atoms with Gasteiger partial charge in [-0.3, -0.25) is 9.78 Å². The first kappa shape index (κ1) is 13.1. The van der Waals surface area contributed by atoms with Crippen molar-refractivity contribution in [3.8, 4) is 5.75 Å². The first-order valence-electron chi connectivity index (χ1n) is 5.11. The van der Waals surface area contributed by atoms with Gasteiger partial charge in [0.1, 0.15) is 11.4 Å². The van der Waals surface area contributed by atoms with Gasteiger partial charge in [0.2, 0.25) is 5.78 Å². The average Bonchev–Trinajstić information content (AvgIpc) is 2.39. The SMILES string of the molecule is COc1ccc(Cl)cc1C(=O)c1ccc(Br)cn1. The average molecular weight is 327 g/mol. The number of ketones is 1. The number of hydrogen-bond donors (Lipinski definition) is 0. The van der Waals surface area contributed by atoms with Gasteiger partial charge in [0.05, 0.1) is 12.7 Å². The highest BCUT2D eigenvalue weighted by Crippen LogP contribution is 2.25. The van der Waals surface area contributed by atoms with Gasteiger partial charge in [-0.25, -0.2) is 0 Å². The molecule has 5 heteroatoms. The van der Waals surface area contributed by atoms with Gasteiger partial charge in [-0.05, 0) is 46.3 Å². The van der Waals surface area contributed by atoms with Crippen molar-refractivity contribution in [3.05, 3.63) is 57.3 Å². The topological polar surface area (TPSA) is 39.2 Å². The highest BCUT2D eigenvalue weighted by atomic mass is 79.9. The standard InChI is InChI=1S/C13H9BrClNO2/c1-18-12-5-3-9(15)6-10(12)13(17)11-4-2-8(14)7-16-11/h2-7H,1H3. The number of rotatable bonds is 3. The normalized spacial score (nSPS) is 10.2. The molecule has 0 bridgehead atoms. The minimum atomic E-state index is -0.221. The summed E-state index contributed by atoms with van der Waals surface area (Å²) in [6, 6.07) is 8.32. The Morgan fingerprint density at radius 1 is 1.33 bits per heavy atom. The number of benzene rings is 1. The fraction of sp³-hybridized carbons (Fsp3) is 0.0769. The lowest BCUT2D eigenvalue weighted by molar-refractivity contribution is 0.103. The van der Waals surface area contributed by atoms with Gasteiger partial charge in [0.25, 0.3) is 0 Å². The van der Waals surface area contributed by atoms with Crippen LogP contribution < -0.4 is 4.74 Å². The first-order valence-corrected chi connectivity index (χ1v) is 6.28. The van der Waals surface area contributed by atoms with E-state index in [9.17, 15) is 4.79 Å². The van der Waals surface area contributed by atoms with Gasteiger partial charge >= 0.3 is 0 Å². The molecule has 1 heterocycles. The van der Waals surface area contributed by atoms with E-state index in [0.717, 1.165) is 4.47 Å². The number of carbonyl (C=O) groups is 1. The van der Waals surface area contributed by atoms with E-state index in [-0.39, 0.29) is 5.78 Å². The molecule has 0 spiro atoms. The van der Waals surface area contributed by atoms with Crippen LogP contribution in [0, 0.1) is 0 Å². The van der Waals surface area contributed by atoms with Gasteiger partial charge in [-0.2, -0.15) is 0 Å². The molecular weight excluding hydrogens is 318 g/mol. The Morgan fingerprint density at radius 3 is 2.72 bits per heavy atom. The summed E-state index contributed by atoms with van der Waals surface area (Å²) < 4.78 is 5.97. The summed E-state index contributed by atoms with van der Waals surface area (Å²) in [4.78, 5) is 16.3. The number of ether oxygens (including phenoxy) is 1. The van der Waals surface area contributed by atoms with Crippen LogP contribution in [0.1, 0.15) is 16.1 Å². The molecule has 18 heavy (non-hydrogen) atoms. The van der Waals surface area contributed by atoms with Gasteiger partial charge in [0, 0.05) is 15.7 Å². The van der Waals surface area contributed by atoms with Crippen molar-refractivity contribution >= 4 is 33.3 Å². The molecule has 0 N–H and O–H groups in total. The highest BCUT2D eigenvalue weighted by molar-refractivity contribution is 9.10. The first-order chi connectivity index (χ1) is 8.61. The van der Waals surface area contributed by atoms with E-state index >= 15 is 0 Å². The van der Waals surface area contributed by atoms with Crippen LogP contribution in [0.5, 0.6) is 5.75 Å². The van der Waals surface area contributed by atoms with E-state index in [1.165, 1.54) is 7.11 Å². The zero-order chi connectivity index (χ0) is 13.1. The molecule has 1 aromatic carbocycles. The van der Waals surface area contributed by atoms with E-state index in [2.05, 4.69) is 20.9 Å². The third-order valence-corrected chi connectivity index (χ3v) is 3.07. The second kappa shape index (κ2) is 5.50. The fourth-order valence-corrected chi connectivity index (χ4v) is 1.91. The zero-order valence-corrected chi connectivity index (χ0v) is 11.8. The second-order valence-electron chi connectivity index (χ2n) is 3.54. The third kappa shape index (κ3) is 2.71. The third-order valence-electron chi connectivity index (χ3n) is 2.37. The molecular formula is C13H9BrClNO2. The smallest absolute Gasteiger partial charge is 0.215 e. The second-order valence-corrected chi connectivity index (χ2v) is 4.89. The maximum Gasteiger partial charge on any atom is 0.215 e. The van der Waals surface area contributed by atoms with E-state index in [0.29, 0.717) is 22.0 Å². The van der Waals surface area contributed by atoms with Gasteiger partial charge in [-0.15, -0.1) is 0 Å². The van der Waals surface area contributed by atoms with Crippen LogP contribution in [-0.4, -0.2) is 17.9 Å². The molecule has 0 radical (unpaired) electrons. The van der Waals surface area contributed by atoms with Crippen LogP contribution in [0.15, 0.2) is 41.0 Å². The molecule has 3 nitrogen and oxygen atoms in total. The Bertz CT molecular complexity index is 584. The molecule has 0 saturated heterocycles. The summed E-state index contributed by atoms with van der Waals surface area (Å²) >= 11 is 9.17. The monoisotopic (exact) mass is 325 g/mol. The van der Waals surface area contributed by atoms with E-state index < -0.39 is 0 Å². The van der Waals surface area contributed by atoms with Crippen LogP contribution in [0.4, 0.5) is 0 Å². The molecule has 0 amide bonds. The van der Waals surface area contributed by atoms with Crippen molar-refractivity contribution in [1.82, 2.24) is 4.98 Å². The molecule has 1 aromatic heterocycles. The van der Waals surface area contributed by atoms with E-state index in [1.807, 2.05) is 0 Å². The molecule has 2 rings (SSSR count). The zero-order valence-electron chi connectivity index (χ0n) is 9.48. The number of hydrogen-bond acceptors (Lipinski definition) is 3. The number of nitrogens with zero attached hydrogens (tertiary/aromatic N) is 1. The summed E-state index contributed by atoms with van der Waals surface area (Å²) in [7, 11) is 1.51.